The average molecular weight is 305 g/mol. The van der Waals surface area contributed by atoms with Gasteiger partial charge in [-0.15, -0.1) is 0 Å². The molecule has 0 unspecified atom stereocenters. The number of rotatable bonds is 4. The van der Waals surface area contributed by atoms with Crippen molar-refractivity contribution in [3.8, 4) is 11.1 Å². The summed E-state index contributed by atoms with van der Waals surface area (Å²) in [6, 6.07) is 8.52. The van der Waals surface area contributed by atoms with Gasteiger partial charge in [0.15, 0.2) is 0 Å². The molecule has 118 valence electrons. The fourth-order valence-electron chi connectivity index (χ4n) is 3.17. The summed E-state index contributed by atoms with van der Waals surface area (Å²) >= 11 is 0. The molecular formula is C17H21F2N3. The minimum absolute atomic E-state index is 0.355. The summed E-state index contributed by atoms with van der Waals surface area (Å²) in [6.07, 6.45) is 3.94. The summed E-state index contributed by atoms with van der Waals surface area (Å²) < 4.78 is 26.3. The molecule has 2 heterocycles. The standard InChI is InChI=1S/C17H21F2N3/c1-12-16(11-22(20-12)17(18)19)15-7-5-6-14(10-15)13(2)21-8-3-4-9-21/h5-7,10-11,13,17H,3-4,8-9H2,1-2H3/t13-/m1/s1. The Bertz CT molecular complexity index is 645. The van der Waals surface area contributed by atoms with Gasteiger partial charge in [0.05, 0.1) is 5.69 Å². The van der Waals surface area contributed by atoms with Crippen molar-refractivity contribution in [3.05, 3.63) is 41.7 Å². The lowest BCUT2D eigenvalue weighted by atomic mass is 10.00. The molecule has 3 rings (SSSR count). The first-order valence-electron chi connectivity index (χ1n) is 7.74. The van der Waals surface area contributed by atoms with E-state index in [9.17, 15) is 8.78 Å². The third-order valence-corrected chi connectivity index (χ3v) is 4.49. The highest BCUT2D eigenvalue weighted by atomic mass is 19.3. The summed E-state index contributed by atoms with van der Waals surface area (Å²) in [5.74, 6) is 0. The number of benzene rings is 1. The Morgan fingerprint density at radius 3 is 2.55 bits per heavy atom. The lowest BCUT2D eigenvalue weighted by molar-refractivity contribution is 0.0563. The Balaban J connectivity index is 1.90. The SMILES string of the molecule is Cc1nn(C(F)F)cc1-c1cccc([C@@H](C)N2CCCC2)c1. The van der Waals surface area contributed by atoms with Crippen LogP contribution in [0.25, 0.3) is 11.1 Å². The summed E-state index contributed by atoms with van der Waals surface area (Å²) in [4.78, 5) is 2.47. The maximum atomic E-state index is 12.8. The van der Waals surface area contributed by atoms with Crippen LogP contribution in [-0.4, -0.2) is 27.8 Å². The van der Waals surface area contributed by atoms with Gasteiger partial charge < -0.3 is 0 Å². The quantitative estimate of drug-likeness (QED) is 0.834. The Morgan fingerprint density at radius 2 is 1.91 bits per heavy atom. The van der Waals surface area contributed by atoms with Crippen LogP contribution >= 0.6 is 0 Å². The minimum atomic E-state index is -2.60. The normalized spacial score (nSPS) is 17.3. The zero-order chi connectivity index (χ0) is 15.7. The minimum Gasteiger partial charge on any atom is -0.297 e. The van der Waals surface area contributed by atoms with Crippen molar-refractivity contribution in [1.82, 2.24) is 14.7 Å². The van der Waals surface area contributed by atoms with E-state index in [1.807, 2.05) is 12.1 Å². The molecule has 0 spiro atoms. The van der Waals surface area contributed by atoms with Crippen molar-refractivity contribution in [3.63, 3.8) is 0 Å². The van der Waals surface area contributed by atoms with Crippen LogP contribution in [0.4, 0.5) is 8.78 Å². The molecule has 0 N–H and O–H groups in total. The van der Waals surface area contributed by atoms with E-state index in [1.165, 1.54) is 24.6 Å². The van der Waals surface area contributed by atoms with Crippen molar-refractivity contribution < 1.29 is 8.78 Å². The lowest BCUT2D eigenvalue weighted by Gasteiger charge is -2.24. The first kappa shape index (κ1) is 15.2. The molecule has 1 aromatic carbocycles. The average Bonchev–Trinajstić information content (AvgIpc) is 3.16. The van der Waals surface area contributed by atoms with Gasteiger partial charge >= 0.3 is 6.55 Å². The number of hydrogen-bond donors (Lipinski definition) is 0. The largest absolute Gasteiger partial charge is 0.333 e. The van der Waals surface area contributed by atoms with Gasteiger partial charge in [0.2, 0.25) is 0 Å². The van der Waals surface area contributed by atoms with Crippen LogP contribution in [0, 0.1) is 6.92 Å². The van der Waals surface area contributed by atoms with Crippen LogP contribution in [0.3, 0.4) is 0 Å². The molecule has 1 aromatic heterocycles. The Kier molecular flexibility index (Phi) is 4.25. The highest BCUT2D eigenvalue weighted by Gasteiger charge is 2.20. The molecule has 5 heteroatoms. The van der Waals surface area contributed by atoms with E-state index in [0.29, 0.717) is 11.7 Å². The number of hydrogen-bond acceptors (Lipinski definition) is 2. The van der Waals surface area contributed by atoms with Gasteiger partial charge in [0.25, 0.3) is 0 Å². The van der Waals surface area contributed by atoms with Gasteiger partial charge in [-0.05, 0) is 57.0 Å². The molecular weight excluding hydrogens is 284 g/mol. The highest BCUT2D eigenvalue weighted by molar-refractivity contribution is 5.66. The first-order chi connectivity index (χ1) is 10.6. The van der Waals surface area contributed by atoms with E-state index in [4.69, 9.17) is 0 Å². The summed E-state index contributed by atoms with van der Waals surface area (Å²) in [5.41, 5.74) is 3.58. The van der Waals surface area contributed by atoms with Gasteiger partial charge in [-0.25, -0.2) is 4.68 Å². The second-order valence-electron chi connectivity index (χ2n) is 5.93. The molecule has 0 radical (unpaired) electrons. The van der Waals surface area contributed by atoms with Crippen LogP contribution in [0.5, 0.6) is 0 Å². The Hall–Kier alpha value is -1.75. The van der Waals surface area contributed by atoms with E-state index in [-0.39, 0.29) is 0 Å². The molecule has 0 bridgehead atoms. The molecule has 1 aliphatic rings. The Labute approximate surface area is 129 Å². The van der Waals surface area contributed by atoms with Crippen molar-refractivity contribution >= 4 is 0 Å². The van der Waals surface area contributed by atoms with Crippen LogP contribution in [0.15, 0.2) is 30.5 Å². The molecule has 0 saturated carbocycles. The van der Waals surface area contributed by atoms with Crippen LogP contribution in [-0.2, 0) is 0 Å². The molecule has 1 atom stereocenters. The number of likely N-dealkylation sites (tertiary alicyclic amines) is 1. The number of halogens is 2. The van der Waals surface area contributed by atoms with Gasteiger partial charge in [0.1, 0.15) is 0 Å². The number of aromatic nitrogens is 2. The van der Waals surface area contributed by atoms with Gasteiger partial charge in [-0.2, -0.15) is 13.9 Å². The number of aryl methyl sites for hydroxylation is 1. The topological polar surface area (TPSA) is 21.1 Å². The second kappa shape index (κ2) is 6.16. The van der Waals surface area contributed by atoms with E-state index >= 15 is 0 Å². The van der Waals surface area contributed by atoms with Gasteiger partial charge in [0, 0.05) is 17.8 Å². The van der Waals surface area contributed by atoms with E-state index in [2.05, 4.69) is 29.1 Å². The molecule has 1 aliphatic heterocycles. The van der Waals surface area contributed by atoms with Crippen LogP contribution < -0.4 is 0 Å². The fourth-order valence-corrected chi connectivity index (χ4v) is 3.17. The van der Waals surface area contributed by atoms with E-state index in [1.54, 1.807) is 6.92 Å². The lowest BCUT2D eigenvalue weighted by Crippen LogP contribution is -2.23. The Morgan fingerprint density at radius 1 is 1.18 bits per heavy atom. The molecule has 1 fully saturated rings. The summed E-state index contributed by atoms with van der Waals surface area (Å²) in [6.45, 7) is 3.64. The van der Waals surface area contributed by atoms with Crippen molar-refractivity contribution in [2.75, 3.05) is 13.1 Å². The maximum absolute atomic E-state index is 12.8. The predicted octanol–water partition coefficient (Wildman–Crippen LogP) is 4.41. The van der Waals surface area contributed by atoms with Crippen molar-refractivity contribution in [1.29, 1.82) is 0 Å². The van der Waals surface area contributed by atoms with E-state index in [0.717, 1.165) is 28.9 Å². The monoisotopic (exact) mass is 305 g/mol. The maximum Gasteiger partial charge on any atom is 0.333 e. The second-order valence-corrected chi connectivity index (χ2v) is 5.93. The van der Waals surface area contributed by atoms with Gasteiger partial charge in [-0.3, -0.25) is 4.90 Å². The van der Waals surface area contributed by atoms with Gasteiger partial charge in [-0.1, -0.05) is 18.2 Å². The molecule has 0 aliphatic carbocycles. The smallest absolute Gasteiger partial charge is 0.297 e. The van der Waals surface area contributed by atoms with Crippen LogP contribution in [0.1, 0.15) is 43.6 Å². The molecule has 1 saturated heterocycles. The third-order valence-electron chi connectivity index (χ3n) is 4.49. The molecule has 2 aromatic rings. The van der Waals surface area contributed by atoms with Crippen molar-refractivity contribution in [2.24, 2.45) is 0 Å². The fraction of sp³-hybridized carbons (Fsp3) is 0.471. The molecule has 22 heavy (non-hydrogen) atoms. The highest BCUT2D eigenvalue weighted by Crippen LogP contribution is 2.30. The zero-order valence-corrected chi connectivity index (χ0v) is 13.0. The molecule has 3 nitrogen and oxygen atoms in total. The van der Waals surface area contributed by atoms with Crippen molar-refractivity contribution in [2.45, 2.75) is 39.3 Å². The summed E-state index contributed by atoms with van der Waals surface area (Å²) in [5, 5.41) is 3.89. The predicted molar refractivity (Wildman–Crippen MR) is 82.9 cm³/mol. The molecule has 0 amide bonds. The first-order valence-corrected chi connectivity index (χ1v) is 7.74. The number of nitrogens with zero attached hydrogens (tertiary/aromatic N) is 3. The van der Waals surface area contributed by atoms with Crippen LogP contribution in [0.2, 0.25) is 0 Å². The zero-order valence-electron chi connectivity index (χ0n) is 13.0. The summed E-state index contributed by atoms with van der Waals surface area (Å²) in [7, 11) is 0. The van der Waals surface area contributed by atoms with E-state index < -0.39 is 6.55 Å². The third kappa shape index (κ3) is 2.90. The number of alkyl halides is 2.